The van der Waals surface area contributed by atoms with Gasteiger partial charge in [0, 0.05) is 19.3 Å². The van der Waals surface area contributed by atoms with Crippen molar-refractivity contribution in [3.63, 3.8) is 0 Å². The molecule has 6 heteroatoms. The molecule has 0 aromatic rings. The van der Waals surface area contributed by atoms with Gasteiger partial charge in [0.05, 0.1) is 0 Å². The SMILES string of the molecule is CCCCCCCCCCCCCCCCCCCCCC(=O)OC[C@H](COC(=O)CCCCCCCCCCCC(C)C)OC(=O)CCCCCCCCC(C)CC. The summed E-state index contributed by atoms with van der Waals surface area (Å²) in [4.78, 5) is 37.9. The monoisotopic (exact) mass is 835 g/mol. The summed E-state index contributed by atoms with van der Waals surface area (Å²) in [6, 6.07) is 0. The molecule has 0 heterocycles. The lowest BCUT2D eigenvalue weighted by Crippen LogP contribution is -2.30. The number of unbranched alkanes of at least 4 members (excludes halogenated alkanes) is 31. The lowest BCUT2D eigenvalue weighted by molar-refractivity contribution is -0.167. The van der Waals surface area contributed by atoms with E-state index in [0.29, 0.717) is 19.3 Å². The Morgan fingerprint density at radius 3 is 0.966 bits per heavy atom. The van der Waals surface area contributed by atoms with Gasteiger partial charge in [0.25, 0.3) is 0 Å². The van der Waals surface area contributed by atoms with Crippen molar-refractivity contribution in [1.29, 1.82) is 0 Å². The van der Waals surface area contributed by atoms with Crippen LogP contribution >= 0.6 is 0 Å². The zero-order chi connectivity index (χ0) is 43.3. The van der Waals surface area contributed by atoms with Gasteiger partial charge >= 0.3 is 17.9 Å². The highest BCUT2D eigenvalue weighted by molar-refractivity contribution is 5.71. The molecule has 0 aliphatic carbocycles. The van der Waals surface area contributed by atoms with Crippen LogP contribution in [-0.2, 0) is 28.6 Å². The predicted octanol–water partition coefficient (Wildman–Crippen LogP) is 16.9. The normalized spacial score (nSPS) is 12.5. The average Bonchev–Trinajstić information content (AvgIpc) is 3.22. The summed E-state index contributed by atoms with van der Waals surface area (Å²) >= 11 is 0. The van der Waals surface area contributed by atoms with Gasteiger partial charge < -0.3 is 14.2 Å². The Kier molecular flexibility index (Phi) is 44.7. The molecule has 0 aromatic carbocycles. The number of hydrogen-bond donors (Lipinski definition) is 0. The van der Waals surface area contributed by atoms with E-state index in [9.17, 15) is 14.4 Å². The second kappa shape index (κ2) is 45.9. The Hall–Kier alpha value is -1.59. The first-order valence-electron chi connectivity index (χ1n) is 26.3. The van der Waals surface area contributed by atoms with Gasteiger partial charge in [-0.2, -0.15) is 0 Å². The first-order valence-corrected chi connectivity index (χ1v) is 26.3. The molecule has 0 amide bonds. The van der Waals surface area contributed by atoms with Crippen LogP contribution in [0, 0.1) is 11.8 Å². The minimum atomic E-state index is -0.762. The van der Waals surface area contributed by atoms with Crippen LogP contribution in [0.2, 0.25) is 0 Å². The van der Waals surface area contributed by atoms with Crippen molar-refractivity contribution >= 4 is 17.9 Å². The molecule has 0 aromatic heterocycles. The zero-order valence-electron chi connectivity index (χ0n) is 40.4. The fourth-order valence-electron chi connectivity index (χ4n) is 7.96. The van der Waals surface area contributed by atoms with Gasteiger partial charge in [-0.3, -0.25) is 14.4 Å². The highest BCUT2D eigenvalue weighted by Gasteiger charge is 2.19. The van der Waals surface area contributed by atoms with Crippen molar-refractivity contribution in [1.82, 2.24) is 0 Å². The Bertz CT molecular complexity index is 902. The molecule has 0 N–H and O–H groups in total. The molecule has 6 nitrogen and oxygen atoms in total. The maximum atomic E-state index is 12.7. The number of hydrogen-bond acceptors (Lipinski definition) is 6. The third-order valence-corrected chi connectivity index (χ3v) is 12.3. The predicted molar refractivity (Wildman–Crippen MR) is 252 cm³/mol. The Morgan fingerprint density at radius 2 is 0.644 bits per heavy atom. The molecule has 0 aliphatic heterocycles. The molecular formula is C53H102O6. The van der Waals surface area contributed by atoms with E-state index < -0.39 is 6.10 Å². The van der Waals surface area contributed by atoms with Crippen LogP contribution in [0.15, 0.2) is 0 Å². The minimum Gasteiger partial charge on any atom is -0.462 e. The van der Waals surface area contributed by atoms with E-state index >= 15 is 0 Å². The van der Waals surface area contributed by atoms with Crippen molar-refractivity contribution in [2.45, 2.75) is 298 Å². The van der Waals surface area contributed by atoms with Crippen LogP contribution in [0.5, 0.6) is 0 Å². The second-order valence-corrected chi connectivity index (χ2v) is 18.9. The maximum Gasteiger partial charge on any atom is 0.306 e. The van der Waals surface area contributed by atoms with Crippen molar-refractivity contribution in [2.24, 2.45) is 11.8 Å². The highest BCUT2D eigenvalue weighted by Crippen LogP contribution is 2.18. The third-order valence-electron chi connectivity index (χ3n) is 12.3. The van der Waals surface area contributed by atoms with Crippen LogP contribution in [-0.4, -0.2) is 37.2 Å². The van der Waals surface area contributed by atoms with Crippen LogP contribution in [0.3, 0.4) is 0 Å². The second-order valence-electron chi connectivity index (χ2n) is 18.9. The van der Waals surface area contributed by atoms with E-state index in [0.717, 1.165) is 69.6 Å². The van der Waals surface area contributed by atoms with Crippen LogP contribution < -0.4 is 0 Å². The lowest BCUT2D eigenvalue weighted by atomic mass is 10.00. The quantitative estimate of drug-likeness (QED) is 0.0345. The molecule has 0 radical (unpaired) electrons. The Labute approximate surface area is 368 Å². The van der Waals surface area contributed by atoms with E-state index in [-0.39, 0.29) is 31.1 Å². The molecule has 350 valence electrons. The molecule has 0 saturated carbocycles. The van der Waals surface area contributed by atoms with Gasteiger partial charge in [-0.1, -0.05) is 253 Å². The molecule has 0 spiro atoms. The standard InChI is InChI=1S/C53H102O6/c1-6-8-9-10-11-12-13-14-15-16-17-18-19-20-21-24-27-33-38-43-51(54)57-46-50(59-53(56)45-40-35-30-29-32-37-42-49(5)7-2)47-58-52(55)44-39-34-28-25-22-23-26-31-36-41-48(3)4/h48-50H,6-47H2,1-5H3/t49?,50-/m1/s1. The van der Waals surface area contributed by atoms with Crippen molar-refractivity contribution in [3.8, 4) is 0 Å². The molecular weight excluding hydrogens is 733 g/mol. The van der Waals surface area contributed by atoms with Crippen molar-refractivity contribution in [2.75, 3.05) is 13.2 Å². The number of esters is 3. The Balaban J connectivity index is 4.23. The summed E-state index contributed by atoms with van der Waals surface area (Å²) in [7, 11) is 0. The fraction of sp³-hybridized carbons (Fsp3) is 0.943. The summed E-state index contributed by atoms with van der Waals surface area (Å²) in [5, 5.41) is 0. The molecule has 0 bridgehead atoms. The summed E-state index contributed by atoms with van der Waals surface area (Å²) in [5.41, 5.74) is 0. The Morgan fingerprint density at radius 1 is 0.356 bits per heavy atom. The molecule has 0 saturated heterocycles. The maximum absolute atomic E-state index is 12.7. The van der Waals surface area contributed by atoms with Crippen LogP contribution in [0.1, 0.15) is 291 Å². The summed E-state index contributed by atoms with van der Waals surface area (Å²) in [6.45, 7) is 11.3. The summed E-state index contributed by atoms with van der Waals surface area (Å²) < 4.78 is 16.8. The fourth-order valence-corrected chi connectivity index (χ4v) is 7.96. The molecule has 0 fully saturated rings. The van der Waals surface area contributed by atoms with E-state index in [1.807, 2.05) is 0 Å². The third kappa shape index (κ3) is 45.8. The van der Waals surface area contributed by atoms with Gasteiger partial charge in [0.1, 0.15) is 13.2 Å². The number of ether oxygens (including phenoxy) is 3. The van der Waals surface area contributed by atoms with E-state index in [1.54, 1.807) is 0 Å². The molecule has 0 rings (SSSR count). The van der Waals surface area contributed by atoms with Crippen LogP contribution in [0.25, 0.3) is 0 Å². The van der Waals surface area contributed by atoms with Gasteiger partial charge in [-0.25, -0.2) is 0 Å². The van der Waals surface area contributed by atoms with Gasteiger partial charge in [-0.15, -0.1) is 0 Å². The number of carbonyl (C=O) groups is 3. The largest absolute Gasteiger partial charge is 0.462 e. The summed E-state index contributed by atoms with van der Waals surface area (Å²) in [5.74, 6) is 0.765. The molecule has 59 heavy (non-hydrogen) atoms. The molecule has 2 atom stereocenters. The zero-order valence-corrected chi connectivity index (χ0v) is 40.4. The molecule has 0 aliphatic rings. The van der Waals surface area contributed by atoms with Crippen LogP contribution in [0.4, 0.5) is 0 Å². The topological polar surface area (TPSA) is 78.9 Å². The molecule has 1 unspecified atom stereocenters. The van der Waals surface area contributed by atoms with Crippen molar-refractivity contribution < 1.29 is 28.6 Å². The average molecular weight is 835 g/mol. The smallest absolute Gasteiger partial charge is 0.306 e. The van der Waals surface area contributed by atoms with E-state index in [2.05, 4.69) is 34.6 Å². The van der Waals surface area contributed by atoms with Gasteiger partial charge in [-0.05, 0) is 31.1 Å². The first kappa shape index (κ1) is 57.4. The van der Waals surface area contributed by atoms with Gasteiger partial charge in [0.2, 0.25) is 0 Å². The summed E-state index contributed by atoms with van der Waals surface area (Å²) in [6.07, 6.45) is 46.7. The number of carbonyl (C=O) groups excluding carboxylic acids is 3. The number of rotatable bonds is 47. The van der Waals surface area contributed by atoms with E-state index in [4.69, 9.17) is 14.2 Å². The lowest BCUT2D eigenvalue weighted by Gasteiger charge is -2.18. The van der Waals surface area contributed by atoms with Crippen molar-refractivity contribution in [3.05, 3.63) is 0 Å². The van der Waals surface area contributed by atoms with Gasteiger partial charge in [0.15, 0.2) is 6.10 Å². The van der Waals surface area contributed by atoms with E-state index in [1.165, 1.54) is 180 Å². The highest BCUT2D eigenvalue weighted by atomic mass is 16.6. The first-order chi connectivity index (χ1) is 28.8. The minimum absolute atomic E-state index is 0.0649.